The van der Waals surface area contributed by atoms with Crippen LogP contribution in [0.3, 0.4) is 0 Å². The fourth-order valence-electron chi connectivity index (χ4n) is 3.09. The minimum atomic E-state index is 0.332. The molecular weight excluding hydrogens is 290 g/mol. The summed E-state index contributed by atoms with van der Waals surface area (Å²) in [6, 6.07) is 2.63. The SMILES string of the molecule is Cc1cc2c(NC3CCCC(C)C3C)nc(Cl)nc2s1. The highest BCUT2D eigenvalue weighted by Crippen LogP contribution is 2.34. The van der Waals surface area contributed by atoms with Gasteiger partial charge in [0.1, 0.15) is 10.6 Å². The first kappa shape index (κ1) is 14.1. The molecule has 0 spiro atoms. The summed E-state index contributed by atoms with van der Waals surface area (Å²) in [7, 11) is 0. The van der Waals surface area contributed by atoms with Crippen LogP contribution >= 0.6 is 22.9 Å². The topological polar surface area (TPSA) is 37.8 Å². The van der Waals surface area contributed by atoms with Crippen molar-refractivity contribution in [3.05, 3.63) is 16.2 Å². The maximum Gasteiger partial charge on any atom is 0.225 e. The van der Waals surface area contributed by atoms with Crippen LogP contribution in [0.1, 0.15) is 38.0 Å². The zero-order chi connectivity index (χ0) is 14.3. The molecule has 0 radical (unpaired) electrons. The Hall–Kier alpha value is -0.870. The number of hydrogen-bond donors (Lipinski definition) is 1. The van der Waals surface area contributed by atoms with Crippen molar-refractivity contribution < 1.29 is 0 Å². The third-order valence-electron chi connectivity index (χ3n) is 4.52. The number of fused-ring (bicyclic) bond motifs is 1. The van der Waals surface area contributed by atoms with Crippen molar-refractivity contribution in [1.29, 1.82) is 0 Å². The standard InChI is InChI=1S/C15H20ClN3S/c1-8-5-4-6-12(10(8)3)17-13-11-7-9(2)20-14(11)19-15(16)18-13/h7-8,10,12H,4-6H2,1-3H3,(H,17,18,19). The number of nitrogens with one attached hydrogen (secondary N) is 1. The summed E-state index contributed by atoms with van der Waals surface area (Å²) >= 11 is 7.73. The van der Waals surface area contributed by atoms with Gasteiger partial charge in [0, 0.05) is 10.9 Å². The number of hydrogen-bond acceptors (Lipinski definition) is 4. The lowest BCUT2D eigenvalue weighted by atomic mass is 9.78. The number of halogens is 1. The first-order chi connectivity index (χ1) is 9.54. The van der Waals surface area contributed by atoms with Gasteiger partial charge in [0.05, 0.1) is 5.39 Å². The van der Waals surface area contributed by atoms with Gasteiger partial charge in [-0.1, -0.05) is 26.7 Å². The van der Waals surface area contributed by atoms with Crippen LogP contribution in [0.25, 0.3) is 10.2 Å². The fraction of sp³-hybridized carbons (Fsp3) is 0.600. The van der Waals surface area contributed by atoms with Crippen molar-refractivity contribution in [3.8, 4) is 0 Å². The molecule has 0 aliphatic heterocycles. The van der Waals surface area contributed by atoms with E-state index in [-0.39, 0.29) is 0 Å². The summed E-state index contributed by atoms with van der Waals surface area (Å²) in [5.74, 6) is 2.32. The Morgan fingerprint density at radius 2 is 2.10 bits per heavy atom. The lowest BCUT2D eigenvalue weighted by molar-refractivity contribution is 0.253. The number of thiophene rings is 1. The molecule has 3 unspecified atom stereocenters. The molecule has 1 fully saturated rings. The van der Waals surface area contributed by atoms with Crippen molar-refractivity contribution in [3.63, 3.8) is 0 Å². The van der Waals surface area contributed by atoms with E-state index in [9.17, 15) is 0 Å². The van der Waals surface area contributed by atoms with E-state index in [2.05, 4.69) is 42.1 Å². The van der Waals surface area contributed by atoms with Crippen molar-refractivity contribution in [2.24, 2.45) is 11.8 Å². The van der Waals surface area contributed by atoms with E-state index in [1.165, 1.54) is 24.1 Å². The van der Waals surface area contributed by atoms with Gasteiger partial charge in [-0.25, -0.2) is 9.97 Å². The smallest absolute Gasteiger partial charge is 0.225 e. The molecule has 1 aliphatic carbocycles. The Morgan fingerprint density at radius 3 is 2.90 bits per heavy atom. The average Bonchev–Trinajstić information content (AvgIpc) is 2.75. The summed E-state index contributed by atoms with van der Waals surface area (Å²) in [5, 5.41) is 5.06. The molecule has 108 valence electrons. The number of aromatic nitrogens is 2. The molecule has 0 amide bonds. The highest BCUT2D eigenvalue weighted by atomic mass is 35.5. The zero-order valence-corrected chi connectivity index (χ0v) is 13.7. The number of nitrogens with zero attached hydrogens (tertiary/aromatic N) is 2. The van der Waals surface area contributed by atoms with Gasteiger partial charge in [-0.2, -0.15) is 0 Å². The van der Waals surface area contributed by atoms with Crippen molar-refractivity contribution in [1.82, 2.24) is 9.97 Å². The van der Waals surface area contributed by atoms with Gasteiger partial charge < -0.3 is 5.32 Å². The molecule has 2 heterocycles. The van der Waals surface area contributed by atoms with Gasteiger partial charge >= 0.3 is 0 Å². The molecule has 5 heteroatoms. The molecule has 0 aromatic carbocycles. The highest BCUT2D eigenvalue weighted by Gasteiger charge is 2.27. The van der Waals surface area contributed by atoms with Crippen LogP contribution in [0.15, 0.2) is 6.07 Å². The lowest BCUT2D eigenvalue weighted by Crippen LogP contribution is -2.35. The van der Waals surface area contributed by atoms with Gasteiger partial charge in [0.15, 0.2) is 0 Å². The summed E-state index contributed by atoms with van der Waals surface area (Å²) in [6.07, 6.45) is 3.82. The monoisotopic (exact) mass is 309 g/mol. The summed E-state index contributed by atoms with van der Waals surface area (Å²) < 4.78 is 0. The predicted octanol–water partition coefficient (Wildman–Crippen LogP) is 4.89. The molecule has 3 nitrogen and oxygen atoms in total. The molecular formula is C15H20ClN3S. The molecule has 20 heavy (non-hydrogen) atoms. The average molecular weight is 310 g/mol. The number of anilines is 1. The molecule has 2 aromatic rings. The molecule has 1 N–H and O–H groups in total. The van der Waals surface area contributed by atoms with Crippen LogP contribution in [0.4, 0.5) is 5.82 Å². The van der Waals surface area contributed by atoms with E-state index in [0.717, 1.165) is 22.0 Å². The molecule has 1 saturated carbocycles. The lowest BCUT2D eigenvalue weighted by Gasteiger charge is -2.35. The Morgan fingerprint density at radius 1 is 1.30 bits per heavy atom. The Bertz CT molecular complexity index is 625. The van der Waals surface area contributed by atoms with Crippen molar-refractivity contribution >= 4 is 39.0 Å². The third kappa shape index (κ3) is 2.63. The van der Waals surface area contributed by atoms with Gasteiger partial charge in [0.2, 0.25) is 5.28 Å². The van der Waals surface area contributed by atoms with E-state index in [1.54, 1.807) is 11.3 Å². The predicted molar refractivity (Wildman–Crippen MR) is 86.8 cm³/mol. The van der Waals surface area contributed by atoms with Crippen LogP contribution in [-0.2, 0) is 0 Å². The van der Waals surface area contributed by atoms with Gasteiger partial charge in [-0.15, -0.1) is 11.3 Å². The van der Waals surface area contributed by atoms with E-state index in [1.807, 2.05) is 0 Å². The summed E-state index contributed by atoms with van der Waals surface area (Å²) in [5.41, 5.74) is 0. The van der Waals surface area contributed by atoms with E-state index in [4.69, 9.17) is 11.6 Å². The molecule has 0 saturated heterocycles. The minimum absolute atomic E-state index is 0.332. The molecule has 3 rings (SSSR count). The minimum Gasteiger partial charge on any atom is -0.366 e. The normalized spacial score (nSPS) is 26.9. The highest BCUT2D eigenvalue weighted by molar-refractivity contribution is 7.18. The van der Waals surface area contributed by atoms with Crippen LogP contribution < -0.4 is 5.32 Å². The molecule has 1 aliphatic rings. The van der Waals surface area contributed by atoms with E-state index < -0.39 is 0 Å². The van der Waals surface area contributed by atoms with E-state index >= 15 is 0 Å². The summed E-state index contributed by atoms with van der Waals surface area (Å²) in [6.45, 7) is 6.77. The summed E-state index contributed by atoms with van der Waals surface area (Å²) in [4.78, 5) is 10.9. The van der Waals surface area contributed by atoms with E-state index in [0.29, 0.717) is 17.2 Å². The maximum absolute atomic E-state index is 6.06. The quantitative estimate of drug-likeness (QED) is 0.803. The maximum atomic E-state index is 6.06. The van der Waals surface area contributed by atoms with Crippen molar-refractivity contribution in [2.45, 2.75) is 46.1 Å². The molecule has 0 bridgehead atoms. The van der Waals surface area contributed by atoms with Crippen LogP contribution in [0, 0.1) is 18.8 Å². The fourth-order valence-corrected chi connectivity index (χ4v) is 4.19. The largest absolute Gasteiger partial charge is 0.366 e. The number of rotatable bonds is 2. The molecule has 2 aromatic heterocycles. The van der Waals surface area contributed by atoms with Crippen LogP contribution in [0.5, 0.6) is 0 Å². The van der Waals surface area contributed by atoms with Crippen molar-refractivity contribution in [2.75, 3.05) is 5.32 Å². The Kier molecular flexibility index (Phi) is 3.87. The second kappa shape index (κ2) is 5.49. The Balaban J connectivity index is 1.93. The first-order valence-corrected chi connectivity index (χ1v) is 8.44. The van der Waals surface area contributed by atoms with Crippen LogP contribution in [0.2, 0.25) is 5.28 Å². The zero-order valence-electron chi connectivity index (χ0n) is 12.1. The number of aryl methyl sites for hydroxylation is 1. The van der Waals surface area contributed by atoms with Gasteiger partial charge in [-0.3, -0.25) is 0 Å². The molecule has 3 atom stereocenters. The second-order valence-electron chi connectivity index (χ2n) is 5.94. The van der Waals surface area contributed by atoms with Crippen LogP contribution in [-0.4, -0.2) is 16.0 Å². The Labute approximate surface area is 128 Å². The second-order valence-corrected chi connectivity index (χ2v) is 7.51. The van der Waals surface area contributed by atoms with Gasteiger partial charge in [0.25, 0.3) is 0 Å². The third-order valence-corrected chi connectivity index (χ3v) is 5.63. The van der Waals surface area contributed by atoms with Gasteiger partial charge in [-0.05, 0) is 42.8 Å². The first-order valence-electron chi connectivity index (χ1n) is 7.25.